The van der Waals surface area contributed by atoms with Crippen LogP contribution in [0.25, 0.3) is 0 Å². The van der Waals surface area contributed by atoms with Crippen LogP contribution in [0, 0.1) is 11.7 Å². The molecule has 0 nitrogen and oxygen atoms in total. The highest BCUT2D eigenvalue weighted by Crippen LogP contribution is 2.25. The predicted octanol–water partition coefficient (Wildman–Crippen LogP) is 3.88. The number of alkyl halides is 1. The van der Waals surface area contributed by atoms with E-state index in [1.54, 1.807) is 6.07 Å². The van der Waals surface area contributed by atoms with Crippen LogP contribution in [-0.4, -0.2) is 0 Å². The molecule has 72 valence electrons. The zero-order valence-corrected chi connectivity index (χ0v) is 7.93. The van der Waals surface area contributed by atoms with Crippen molar-refractivity contribution in [1.82, 2.24) is 0 Å². The van der Waals surface area contributed by atoms with Gasteiger partial charge in [-0.25, -0.2) is 8.78 Å². The standard InChI is InChI=1S/C11H14F2/c1-8(2)6-11(13)9-4-3-5-10(12)7-9/h3-5,7-8,11H,6H2,1-2H3. The van der Waals surface area contributed by atoms with Crippen molar-refractivity contribution in [3.8, 4) is 0 Å². The normalized spacial score (nSPS) is 13.3. The van der Waals surface area contributed by atoms with Crippen LogP contribution in [0.1, 0.15) is 32.0 Å². The second kappa shape index (κ2) is 4.35. The van der Waals surface area contributed by atoms with E-state index in [1.807, 2.05) is 13.8 Å². The Labute approximate surface area is 77.6 Å². The van der Waals surface area contributed by atoms with Gasteiger partial charge in [0.15, 0.2) is 0 Å². The van der Waals surface area contributed by atoms with Crippen molar-refractivity contribution in [2.75, 3.05) is 0 Å². The van der Waals surface area contributed by atoms with Gasteiger partial charge in [-0.2, -0.15) is 0 Å². The third kappa shape index (κ3) is 3.13. The lowest BCUT2D eigenvalue weighted by Crippen LogP contribution is -1.97. The fourth-order valence-electron chi connectivity index (χ4n) is 1.25. The molecule has 0 fully saturated rings. The minimum absolute atomic E-state index is 0.290. The first kappa shape index (κ1) is 10.2. The Balaban J connectivity index is 2.71. The Morgan fingerprint density at radius 1 is 1.31 bits per heavy atom. The molecule has 0 aliphatic carbocycles. The van der Waals surface area contributed by atoms with Crippen molar-refractivity contribution in [2.24, 2.45) is 5.92 Å². The number of hydrogen-bond donors (Lipinski definition) is 0. The lowest BCUT2D eigenvalue weighted by Gasteiger charge is -2.10. The molecule has 2 heteroatoms. The first-order valence-electron chi connectivity index (χ1n) is 4.49. The first-order valence-corrected chi connectivity index (χ1v) is 4.49. The molecule has 0 spiro atoms. The van der Waals surface area contributed by atoms with Gasteiger partial charge < -0.3 is 0 Å². The van der Waals surface area contributed by atoms with Crippen LogP contribution < -0.4 is 0 Å². The summed E-state index contributed by atoms with van der Waals surface area (Å²) < 4.78 is 26.1. The van der Waals surface area contributed by atoms with Crippen LogP contribution in [0.3, 0.4) is 0 Å². The summed E-state index contributed by atoms with van der Waals surface area (Å²) in [4.78, 5) is 0. The van der Waals surface area contributed by atoms with E-state index in [1.165, 1.54) is 18.2 Å². The maximum atomic E-state index is 13.4. The van der Waals surface area contributed by atoms with Gasteiger partial charge in [0.05, 0.1) is 0 Å². The summed E-state index contributed by atoms with van der Waals surface area (Å²) in [5.74, 6) is -0.0813. The van der Waals surface area contributed by atoms with Crippen LogP contribution in [0.15, 0.2) is 24.3 Å². The lowest BCUT2D eigenvalue weighted by atomic mass is 10.0. The van der Waals surface area contributed by atoms with E-state index in [2.05, 4.69) is 0 Å². The van der Waals surface area contributed by atoms with Crippen LogP contribution in [0.2, 0.25) is 0 Å². The van der Waals surface area contributed by atoms with Crippen LogP contribution in [0.4, 0.5) is 8.78 Å². The smallest absolute Gasteiger partial charge is 0.125 e. The van der Waals surface area contributed by atoms with Crippen molar-refractivity contribution in [3.63, 3.8) is 0 Å². The Hall–Kier alpha value is -0.920. The second-order valence-corrected chi connectivity index (χ2v) is 3.65. The summed E-state index contributed by atoms with van der Waals surface area (Å²) in [5.41, 5.74) is 0.439. The molecule has 0 bridgehead atoms. The number of hydrogen-bond acceptors (Lipinski definition) is 0. The molecule has 1 atom stereocenters. The van der Waals surface area contributed by atoms with E-state index in [-0.39, 0.29) is 5.82 Å². The molecule has 13 heavy (non-hydrogen) atoms. The molecular formula is C11H14F2. The number of benzene rings is 1. The third-order valence-corrected chi connectivity index (χ3v) is 1.89. The molecule has 1 aromatic carbocycles. The average molecular weight is 184 g/mol. The molecule has 1 unspecified atom stereocenters. The molecule has 0 N–H and O–H groups in total. The van der Waals surface area contributed by atoms with Crippen LogP contribution >= 0.6 is 0 Å². The third-order valence-electron chi connectivity index (χ3n) is 1.89. The minimum Gasteiger partial charge on any atom is -0.242 e. The molecule has 0 heterocycles. The summed E-state index contributed by atoms with van der Waals surface area (Å²) in [5, 5.41) is 0. The topological polar surface area (TPSA) is 0 Å². The Bertz CT molecular complexity index is 269. The zero-order valence-electron chi connectivity index (χ0n) is 7.93. The maximum Gasteiger partial charge on any atom is 0.125 e. The zero-order chi connectivity index (χ0) is 9.84. The lowest BCUT2D eigenvalue weighted by molar-refractivity contribution is 0.288. The van der Waals surface area contributed by atoms with E-state index in [0.717, 1.165) is 0 Å². The van der Waals surface area contributed by atoms with E-state index >= 15 is 0 Å². The van der Waals surface area contributed by atoms with Gasteiger partial charge in [0.25, 0.3) is 0 Å². The van der Waals surface area contributed by atoms with E-state index in [9.17, 15) is 8.78 Å². The summed E-state index contributed by atoms with van der Waals surface area (Å²) >= 11 is 0. The highest BCUT2D eigenvalue weighted by Gasteiger charge is 2.11. The van der Waals surface area contributed by atoms with Crippen molar-refractivity contribution >= 4 is 0 Å². The van der Waals surface area contributed by atoms with Crippen LogP contribution in [0.5, 0.6) is 0 Å². The summed E-state index contributed by atoms with van der Waals surface area (Å²) in [6.07, 6.45) is -0.598. The molecule has 0 amide bonds. The van der Waals surface area contributed by atoms with E-state index in [4.69, 9.17) is 0 Å². The highest BCUT2D eigenvalue weighted by atomic mass is 19.1. The summed E-state index contributed by atoms with van der Waals surface area (Å²) in [6.45, 7) is 3.90. The van der Waals surface area contributed by atoms with Gasteiger partial charge in [0, 0.05) is 0 Å². The Morgan fingerprint density at radius 3 is 2.54 bits per heavy atom. The molecule has 0 aromatic heterocycles. The van der Waals surface area contributed by atoms with E-state index < -0.39 is 6.17 Å². The molecule has 0 saturated carbocycles. The van der Waals surface area contributed by atoms with Gasteiger partial charge in [-0.1, -0.05) is 26.0 Å². The van der Waals surface area contributed by atoms with Crippen molar-refractivity contribution < 1.29 is 8.78 Å². The molecule has 0 saturated heterocycles. The molecule has 0 aliphatic rings. The monoisotopic (exact) mass is 184 g/mol. The molecule has 0 aliphatic heterocycles. The van der Waals surface area contributed by atoms with Gasteiger partial charge >= 0.3 is 0 Å². The van der Waals surface area contributed by atoms with Crippen molar-refractivity contribution in [3.05, 3.63) is 35.6 Å². The van der Waals surface area contributed by atoms with Gasteiger partial charge in [-0.3, -0.25) is 0 Å². The predicted molar refractivity (Wildman–Crippen MR) is 49.7 cm³/mol. The first-order chi connectivity index (χ1) is 6.09. The van der Waals surface area contributed by atoms with Crippen LogP contribution in [-0.2, 0) is 0 Å². The van der Waals surface area contributed by atoms with Gasteiger partial charge in [0.1, 0.15) is 12.0 Å². The van der Waals surface area contributed by atoms with Crippen molar-refractivity contribution in [1.29, 1.82) is 0 Å². The molecule has 0 radical (unpaired) electrons. The summed E-state index contributed by atoms with van der Waals surface area (Å²) in [7, 11) is 0. The number of rotatable bonds is 3. The Morgan fingerprint density at radius 2 is 2.00 bits per heavy atom. The fourth-order valence-corrected chi connectivity index (χ4v) is 1.25. The molecular weight excluding hydrogens is 170 g/mol. The second-order valence-electron chi connectivity index (χ2n) is 3.65. The summed E-state index contributed by atoms with van der Waals surface area (Å²) in [6, 6.07) is 5.74. The van der Waals surface area contributed by atoms with Crippen molar-refractivity contribution in [2.45, 2.75) is 26.4 Å². The Kier molecular flexibility index (Phi) is 3.40. The van der Waals surface area contributed by atoms with Gasteiger partial charge in [-0.15, -0.1) is 0 Å². The average Bonchev–Trinajstić information content (AvgIpc) is 2.03. The molecule has 1 aromatic rings. The quantitative estimate of drug-likeness (QED) is 0.668. The largest absolute Gasteiger partial charge is 0.242 e. The molecule has 1 rings (SSSR count). The van der Waals surface area contributed by atoms with Gasteiger partial charge in [0.2, 0.25) is 0 Å². The maximum absolute atomic E-state index is 13.4. The van der Waals surface area contributed by atoms with Gasteiger partial charge in [-0.05, 0) is 30.0 Å². The SMILES string of the molecule is CC(C)CC(F)c1cccc(F)c1. The minimum atomic E-state index is -1.05. The van der Waals surface area contributed by atoms with E-state index in [0.29, 0.717) is 17.9 Å². The highest BCUT2D eigenvalue weighted by molar-refractivity contribution is 5.18. The fraction of sp³-hybridized carbons (Fsp3) is 0.455. The number of halogens is 2.